The Balaban J connectivity index is 1.36. The van der Waals surface area contributed by atoms with Gasteiger partial charge in [0.2, 0.25) is 5.91 Å². The second kappa shape index (κ2) is 9.21. The van der Waals surface area contributed by atoms with E-state index < -0.39 is 0 Å². The predicted molar refractivity (Wildman–Crippen MR) is 126 cm³/mol. The number of fused-ring (bicyclic) bond motifs is 2. The number of anilines is 2. The number of thioether (sulfide) groups is 2. The van der Waals surface area contributed by atoms with Crippen molar-refractivity contribution in [3.63, 3.8) is 0 Å². The molecule has 2 heterocycles. The molecular formula is C19H16N4O3S4. The van der Waals surface area contributed by atoms with Crippen molar-refractivity contribution in [2.24, 2.45) is 0 Å². The van der Waals surface area contributed by atoms with Crippen LogP contribution in [0, 0.1) is 0 Å². The number of rotatable bonds is 7. The van der Waals surface area contributed by atoms with Crippen molar-refractivity contribution in [3.05, 3.63) is 36.4 Å². The van der Waals surface area contributed by atoms with Crippen LogP contribution in [-0.2, 0) is 14.3 Å². The van der Waals surface area contributed by atoms with Crippen LogP contribution in [0.4, 0.5) is 11.4 Å². The molecule has 7 nitrogen and oxygen atoms in total. The van der Waals surface area contributed by atoms with Crippen LogP contribution in [0.15, 0.2) is 45.1 Å². The maximum atomic E-state index is 12.4. The Morgan fingerprint density at radius 2 is 1.63 bits per heavy atom. The third-order valence-corrected chi connectivity index (χ3v) is 8.21. The number of amides is 1. The average molecular weight is 477 g/mol. The third-order valence-electron chi connectivity index (χ3n) is 3.91. The number of benzene rings is 2. The van der Waals surface area contributed by atoms with Gasteiger partial charge in [-0.3, -0.25) is 9.59 Å². The molecule has 0 unspecified atom stereocenters. The van der Waals surface area contributed by atoms with Gasteiger partial charge < -0.3 is 15.8 Å². The second-order valence-electron chi connectivity index (χ2n) is 6.07. The van der Waals surface area contributed by atoms with Gasteiger partial charge in [0.1, 0.15) is 0 Å². The highest BCUT2D eigenvalue weighted by atomic mass is 32.2. The number of nitrogens with two attached hydrogens (primary N) is 1. The molecule has 4 rings (SSSR count). The van der Waals surface area contributed by atoms with Crippen molar-refractivity contribution < 1.29 is 14.3 Å². The number of hydrogen-bond donors (Lipinski definition) is 2. The highest BCUT2D eigenvalue weighted by Gasteiger charge is 2.11. The van der Waals surface area contributed by atoms with E-state index in [2.05, 4.69) is 20.0 Å². The Morgan fingerprint density at radius 3 is 2.33 bits per heavy atom. The fourth-order valence-corrected chi connectivity index (χ4v) is 6.39. The summed E-state index contributed by atoms with van der Waals surface area (Å²) in [6.07, 6.45) is 0. The fourth-order valence-electron chi connectivity index (χ4n) is 2.53. The van der Waals surface area contributed by atoms with Gasteiger partial charge in [-0.2, -0.15) is 0 Å². The Morgan fingerprint density at radius 1 is 1.00 bits per heavy atom. The predicted octanol–water partition coefficient (Wildman–Crippen LogP) is 4.48. The first-order valence-electron chi connectivity index (χ1n) is 8.69. The van der Waals surface area contributed by atoms with Crippen molar-refractivity contribution in [1.29, 1.82) is 0 Å². The first-order chi connectivity index (χ1) is 14.5. The molecule has 0 atom stereocenters. The third kappa shape index (κ3) is 5.04. The number of nitrogen functional groups attached to an aromatic ring is 1. The van der Waals surface area contributed by atoms with E-state index in [4.69, 9.17) is 5.73 Å². The topological polar surface area (TPSA) is 107 Å². The molecule has 0 aliphatic rings. The monoisotopic (exact) mass is 476 g/mol. The summed E-state index contributed by atoms with van der Waals surface area (Å²) in [4.78, 5) is 32.6. The van der Waals surface area contributed by atoms with Crippen molar-refractivity contribution in [2.45, 2.75) is 8.68 Å². The smallest absolute Gasteiger partial charge is 0.316 e. The van der Waals surface area contributed by atoms with Gasteiger partial charge in [-0.1, -0.05) is 23.5 Å². The fraction of sp³-hybridized carbons (Fsp3) is 0.158. The molecular weight excluding hydrogens is 461 g/mol. The molecule has 11 heteroatoms. The molecule has 0 saturated carbocycles. The molecule has 30 heavy (non-hydrogen) atoms. The van der Waals surface area contributed by atoms with Crippen LogP contribution in [0.2, 0.25) is 0 Å². The summed E-state index contributed by atoms with van der Waals surface area (Å²) in [6.45, 7) is 0. The van der Waals surface area contributed by atoms with Crippen molar-refractivity contribution in [1.82, 2.24) is 9.97 Å². The molecule has 0 radical (unpaired) electrons. The lowest BCUT2D eigenvalue weighted by Gasteiger charge is -2.03. The van der Waals surface area contributed by atoms with Crippen LogP contribution in [-0.4, -0.2) is 40.5 Å². The Hall–Kier alpha value is -2.34. The number of ether oxygens (including phenoxy) is 1. The van der Waals surface area contributed by atoms with Gasteiger partial charge in [-0.05, 0) is 36.4 Å². The van der Waals surface area contributed by atoms with E-state index in [1.165, 1.54) is 53.3 Å². The Bertz CT molecular complexity index is 1240. The lowest BCUT2D eigenvalue weighted by Crippen LogP contribution is -2.13. The first kappa shape index (κ1) is 20.9. The first-order valence-corrected chi connectivity index (χ1v) is 12.3. The van der Waals surface area contributed by atoms with Crippen LogP contribution in [0.3, 0.4) is 0 Å². The molecule has 1 amide bonds. The van der Waals surface area contributed by atoms with E-state index in [9.17, 15) is 9.59 Å². The zero-order valence-corrected chi connectivity index (χ0v) is 19.0. The number of nitrogens with zero attached hydrogens (tertiary/aromatic N) is 2. The molecule has 0 aliphatic heterocycles. The number of methoxy groups -OCH3 is 1. The molecule has 0 aliphatic carbocycles. The van der Waals surface area contributed by atoms with Gasteiger partial charge in [0.15, 0.2) is 8.68 Å². The molecule has 2 aromatic carbocycles. The summed E-state index contributed by atoms with van der Waals surface area (Å²) in [7, 11) is 1.36. The Kier molecular flexibility index (Phi) is 6.42. The molecule has 4 aromatic rings. The van der Waals surface area contributed by atoms with Gasteiger partial charge >= 0.3 is 5.97 Å². The molecule has 0 spiro atoms. The van der Waals surface area contributed by atoms with Gasteiger partial charge in [-0.15, -0.1) is 22.7 Å². The lowest BCUT2D eigenvalue weighted by atomic mass is 10.3. The van der Waals surface area contributed by atoms with Crippen LogP contribution in [0.5, 0.6) is 0 Å². The van der Waals surface area contributed by atoms with E-state index in [1.807, 2.05) is 36.4 Å². The number of carbonyl (C=O) groups excluding carboxylic acids is 2. The summed E-state index contributed by atoms with van der Waals surface area (Å²) in [5.74, 6) is 0.0791. The second-order valence-corrected chi connectivity index (χ2v) is 10.6. The zero-order chi connectivity index (χ0) is 21.1. The maximum Gasteiger partial charge on any atom is 0.316 e. The molecule has 3 N–H and O–H groups in total. The zero-order valence-electron chi connectivity index (χ0n) is 15.7. The van der Waals surface area contributed by atoms with Crippen molar-refractivity contribution in [3.8, 4) is 0 Å². The molecule has 0 saturated heterocycles. The Labute approximate surface area is 188 Å². The minimum atomic E-state index is -0.290. The number of esters is 1. The molecule has 2 aromatic heterocycles. The summed E-state index contributed by atoms with van der Waals surface area (Å²) < 4.78 is 8.21. The summed E-state index contributed by atoms with van der Waals surface area (Å²) >= 11 is 5.73. The molecule has 0 fully saturated rings. The van der Waals surface area contributed by atoms with Crippen molar-refractivity contribution >= 4 is 89.9 Å². The van der Waals surface area contributed by atoms with E-state index in [0.29, 0.717) is 11.4 Å². The van der Waals surface area contributed by atoms with Gasteiger partial charge in [0.05, 0.1) is 39.0 Å². The van der Waals surface area contributed by atoms with E-state index in [0.717, 1.165) is 29.1 Å². The van der Waals surface area contributed by atoms with Crippen molar-refractivity contribution in [2.75, 3.05) is 29.7 Å². The van der Waals surface area contributed by atoms with Crippen LogP contribution in [0.25, 0.3) is 20.4 Å². The largest absolute Gasteiger partial charge is 0.468 e. The van der Waals surface area contributed by atoms with Gasteiger partial charge in [0, 0.05) is 11.4 Å². The molecule has 154 valence electrons. The summed E-state index contributed by atoms with van der Waals surface area (Å²) in [6, 6.07) is 11.2. The average Bonchev–Trinajstić information content (AvgIpc) is 3.32. The minimum Gasteiger partial charge on any atom is -0.468 e. The standard InChI is InChI=1S/C19H16N4O3S4/c1-26-17(25)9-28-19-23-13-5-3-11(7-15(13)30-19)21-16(24)8-27-18-22-12-4-2-10(20)6-14(12)29-18/h2-7H,8-9,20H2,1H3,(H,21,24). The molecule has 0 bridgehead atoms. The summed E-state index contributed by atoms with van der Waals surface area (Å²) in [5.41, 5.74) is 8.92. The van der Waals surface area contributed by atoms with Gasteiger partial charge in [0.25, 0.3) is 0 Å². The highest BCUT2D eigenvalue weighted by molar-refractivity contribution is 8.02. The normalized spacial score (nSPS) is 11.1. The van der Waals surface area contributed by atoms with Crippen LogP contribution < -0.4 is 11.1 Å². The number of thiazole rings is 2. The highest BCUT2D eigenvalue weighted by Crippen LogP contribution is 2.32. The maximum absolute atomic E-state index is 12.4. The minimum absolute atomic E-state index is 0.108. The summed E-state index contributed by atoms with van der Waals surface area (Å²) in [5, 5.41) is 2.91. The van der Waals surface area contributed by atoms with E-state index in [1.54, 1.807) is 0 Å². The SMILES string of the molecule is COC(=O)CSc1nc2ccc(NC(=O)CSc3nc4ccc(N)cc4s3)cc2s1. The quantitative estimate of drug-likeness (QED) is 0.228. The number of aromatic nitrogens is 2. The number of hydrogen-bond acceptors (Lipinski definition) is 10. The lowest BCUT2D eigenvalue weighted by molar-refractivity contribution is -0.137. The number of nitrogens with one attached hydrogen (secondary N) is 1. The number of carbonyl (C=O) groups is 2. The van der Waals surface area contributed by atoms with E-state index >= 15 is 0 Å². The van der Waals surface area contributed by atoms with E-state index in [-0.39, 0.29) is 23.4 Å². The van der Waals surface area contributed by atoms with Crippen LogP contribution in [0.1, 0.15) is 0 Å². The van der Waals surface area contributed by atoms with Gasteiger partial charge in [-0.25, -0.2) is 9.97 Å². The van der Waals surface area contributed by atoms with Crippen LogP contribution >= 0.6 is 46.2 Å².